The standard InChI is InChI=1S/C23H27NO3S2/c1-3-4-5-6-7-8-9-13-20-28(25,22-14-11-10-12-15-22)24-29(26,27)23-18-16-21(2)17-19-23/h3-5,10-20H,1,6-9H2,2H3/b5-4+,20-13+. The summed E-state index contributed by atoms with van der Waals surface area (Å²) in [6.45, 7) is 5.50. The second-order valence-electron chi connectivity index (χ2n) is 6.56. The fourth-order valence-electron chi connectivity index (χ4n) is 2.58. The lowest BCUT2D eigenvalue weighted by atomic mass is 10.2. The molecule has 0 aliphatic carbocycles. The summed E-state index contributed by atoms with van der Waals surface area (Å²) < 4.78 is 43.0. The molecule has 0 amide bonds. The number of sulfonamides is 1. The van der Waals surface area contributed by atoms with Gasteiger partial charge >= 0.3 is 0 Å². The topological polar surface area (TPSA) is 63.6 Å². The summed E-state index contributed by atoms with van der Waals surface area (Å²) in [6.07, 6.45) is 11.0. The third kappa shape index (κ3) is 7.15. The van der Waals surface area contributed by atoms with E-state index >= 15 is 0 Å². The third-order valence-electron chi connectivity index (χ3n) is 4.15. The lowest BCUT2D eigenvalue weighted by molar-refractivity contribution is 0.598. The van der Waals surface area contributed by atoms with Crippen LogP contribution < -0.4 is 0 Å². The number of benzene rings is 2. The third-order valence-corrected chi connectivity index (χ3v) is 8.20. The van der Waals surface area contributed by atoms with Crippen molar-refractivity contribution in [3.8, 4) is 0 Å². The highest BCUT2D eigenvalue weighted by molar-refractivity contribution is 8.05. The first-order valence-electron chi connectivity index (χ1n) is 9.47. The van der Waals surface area contributed by atoms with Crippen LogP contribution in [0.1, 0.15) is 31.2 Å². The molecule has 0 N–H and O–H groups in total. The Bertz CT molecular complexity index is 1070. The van der Waals surface area contributed by atoms with E-state index in [-0.39, 0.29) is 4.90 Å². The van der Waals surface area contributed by atoms with E-state index in [1.54, 1.807) is 54.6 Å². The summed E-state index contributed by atoms with van der Waals surface area (Å²) in [5, 5.41) is 1.44. The largest absolute Gasteiger partial charge is 0.290 e. The fourth-order valence-corrected chi connectivity index (χ4v) is 6.21. The van der Waals surface area contributed by atoms with E-state index in [4.69, 9.17) is 0 Å². The highest BCUT2D eigenvalue weighted by atomic mass is 32.3. The van der Waals surface area contributed by atoms with E-state index in [1.165, 1.54) is 17.5 Å². The molecule has 2 aromatic carbocycles. The molecule has 4 nitrogen and oxygen atoms in total. The molecule has 2 rings (SSSR count). The van der Waals surface area contributed by atoms with E-state index in [2.05, 4.69) is 10.3 Å². The number of rotatable bonds is 10. The Kier molecular flexibility index (Phi) is 8.61. The second kappa shape index (κ2) is 10.9. The van der Waals surface area contributed by atoms with Gasteiger partial charge in [-0.25, -0.2) is 4.21 Å². The minimum atomic E-state index is -4.06. The quantitative estimate of drug-likeness (QED) is 0.342. The normalized spacial score (nSPS) is 14.1. The molecule has 0 aromatic heterocycles. The van der Waals surface area contributed by atoms with Crippen LogP contribution in [0.5, 0.6) is 0 Å². The first-order valence-corrected chi connectivity index (χ1v) is 12.5. The van der Waals surface area contributed by atoms with Gasteiger partial charge in [-0.1, -0.05) is 70.5 Å². The van der Waals surface area contributed by atoms with E-state index in [0.29, 0.717) is 11.3 Å². The highest BCUT2D eigenvalue weighted by Gasteiger charge is 2.18. The van der Waals surface area contributed by atoms with E-state index in [1.807, 2.05) is 19.1 Å². The van der Waals surface area contributed by atoms with Crippen LogP contribution in [0.25, 0.3) is 0 Å². The van der Waals surface area contributed by atoms with Crippen molar-refractivity contribution >= 4 is 19.8 Å². The molecule has 0 saturated carbocycles. The minimum absolute atomic E-state index is 0.0363. The molecule has 6 heteroatoms. The summed E-state index contributed by atoms with van der Waals surface area (Å²) in [5.41, 5.74) is 0.940. The maximum atomic E-state index is 13.6. The molecule has 0 saturated heterocycles. The van der Waals surface area contributed by atoms with Crippen molar-refractivity contribution in [2.75, 3.05) is 0 Å². The van der Waals surface area contributed by atoms with Gasteiger partial charge in [0.2, 0.25) is 0 Å². The zero-order chi connectivity index (χ0) is 21.2. The maximum absolute atomic E-state index is 13.6. The lowest BCUT2D eigenvalue weighted by Crippen LogP contribution is -2.04. The lowest BCUT2D eigenvalue weighted by Gasteiger charge is -2.07. The minimum Gasteiger partial charge on any atom is -0.239 e. The highest BCUT2D eigenvalue weighted by Crippen LogP contribution is 2.22. The van der Waals surface area contributed by atoms with Crippen molar-refractivity contribution in [1.82, 2.24) is 0 Å². The zero-order valence-electron chi connectivity index (χ0n) is 16.6. The predicted octanol–water partition coefficient (Wildman–Crippen LogP) is 6.03. The summed E-state index contributed by atoms with van der Waals surface area (Å²) in [7, 11) is -7.32. The number of hydrogen-bond donors (Lipinski definition) is 0. The van der Waals surface area contributed by atoms with Gasteiger partial charge in [0.25, 0.3) is 10.0 Å². The molecule has 2 aromatic rings. The smallest absolute Gasteiger partial charge is 0.239 e. The summed E-state index contributed by atoms with van der Waals surface area (Å²) in [6, 6.07) is 14.9. The van der Waals surface area contributed by atoms with Gasteiger partial charge < -0.3 is 0 Å². The monoisotopic (exact) mass is 429 g/mol. The zero-order valence-corrected chi connectivity index (χ0v) is 18.2. The van der Waals surface area contributed by atoms with Gasteiger partial charge in [0.15, 0.2) is 0 Å². The Labute approximate surface area is 174 Å². The molecular formula is C23H27NO3S2. The molecular weight excluding hydrogens is 402 g/mol. The summed E-state index contributed by atoms with van der Waals surface area (Å²) >= 11 is 0. The van der Waals surface area contributed by atoms with Crippen LogP contribution in [0, 0.1) is 6.92 Å². The first-order chi connectivity index (χ1) is 13.9. The van der Waals surface area contributed by atoms with Gasteiger partial charge in [-0.15, -0.1) is 0 Å². The summed E-state index contributed by atoms with van der Waals surface area (Å²) in [5.74, 6) is 0. The molecule has 29 heavy (non-hydrogen) atoms. The number of aryl methyl sites for hydroxylation is 1. The van der Waals surface area contributed by atoms with E-state index in [0.717, 1.165) is 24.8 Å². The van der Waals surface area contributed by atoms with Gasteiger partial charge in [0.05, 0.1) is 9.79 Å². The van der Waals surface area contributed by atoms with Crippen molar-refractivity contribution in [2.45, 2.75) is 42.4 Å². The molecule has 0 bridgehead atoms. The molecule has 0 radical (unpaired) electrons. The van der Waals surface area contributed by atoms with Crippen LogP contribution in [0.15, 0.2) is 104 Å². The Morgan fingerprint density at radius 2 is 1.48 bits per heavy atom. The second-order valence-corrected chi connectivity index (χ2v) is 10.5. The number of hydrogen-bond acceptors (Lipinski definition) is 3. The van der Waals surface area contributed by atoms with Gasteiger partial charge in [0, 0.05) is 5.41 Å². The van der Waals surface area contributed by atoms with Crippen molar-refractivity contribution in [3.05, 3.63) is 96.5 Å². The molecule has 0 fully saturated rings. The summed E-state index contributed by atoms with van der Waals surface area (Å²) in [4.78, 5) is 0.412. The molecule has 1 unspecified atom stereocenters. The SMILES string of the molecule is C=C/C=C/CCCC/C=C/S(=O)(=NS(=O)(=O)c1ccc(C)cc1)c1ccccc1. The van der Waals surface area contributed by atoms with E-state index in [9.17, 15) is 12.6 Å². The van der Waals surface area contributed by atoms with Crippen LogP contribution in [0.4, 0.5) is 0 Å². The number of unbranched alkanes of at least 4 members (excludes halogenated alkanes) is 3. The van der Waals surface area contributed by atoms with Crippen LogP contribution >= 0.6 is 0 Å². The molecule has 1 atom stereocenters. The van der Waals surface area contributed by atoms with Crippen LogP contribution in [-0.4, -0.2) is 12.6 Å². The first kappa shape index (κ1) is 22.8. The average molecular weight is 430 g/mol. The maximum Gasteiger partial charge on any atom is 0.290 e. The predicted molar refractivity (Wildman–Crippen MR) is 121 cm³/mol. The Morgan fingerprint density at radius 1 is 0.862 bits per heavy atom. The van der Waals surface area contributed by atoms with Gasteiger partial charge in [-0.3, -0.25) is 0 Å². The molecule has 0 heterocycles. The average Bonchev–Trinajstić information content (AvgIpc) is 2.70. The van der Waals surface area contributed by atoms with Crippen molar-refractivity contribution in [2.24, 2.45) is 3.77 Å². The van der Waals surface area contributed by atoms with Crippen LogP contribution in [-0.2, 0) is 19.8 Å². The van der Waals surface area contributed by atoms with Crippen molar-refractivity contribution in [3.63, 3.8) is 0 Å². The Morgan fingerprint density at radius 3 is 2.10 bits per heavy atom. The van der Waals surface area contributed by atoms with Gasteiger partial charge in [-0.05, 0) is 56.9 Å². The fraction of sp³-hybridized carbons (Fsp3) is 0.217. The molecule has 0 aliphatic rings. The van der Waals surface area contributed by atoms with Crippen LogP contribution in [0.2, 0.25) is 0 Å². The van der Waals surface area contributed by atoms with Crippen LogP contribution in [0.3, 0.4) is 0 Å². The molecule has 0 spiro atoms. The van der Waals surface area contributed by atoms with Gasteiger partial charge in [-0.2, -0.15) is 8.42 Å². The number of nitrogens with zero attached hydrogens (tertiary/aromatic N) is 1. The van der Waals surface area contributed by atoms with Gasteiger partial charge in [0.1, 0.15) is 9.73 Å². The van der Waals surface area contributed by atoms with Crippen molar-refractivity contribution < 1.29 is 12.6 Å². The van der Waals surface area contributed by atoms with Crippen molar-refractivity contribution in [1.29, 1.82) is 0 Å². The molecule has 154 valence electrons. The van der Waals surface area contributed by atoms with E-state index < -0.39 is 19.8 Å². The number of allylic oxidation sites excluding steroid dienone is 4. The molecule has 0 aliphatic heterocycles. The Hall–Kier alpha value is -2.44. The Balaban J connectivity index is 2.29.